The molecule has 1 heterocycles. The third-order valence-electron chi connectivity index (χ3n) is 2.65. The van der Waals surface area contributed by atoms with E-state index in [4.69, 9.17) is 16.7 Å². The van der Waals surface area contributed by atoms with Crippen molar-refractivity contribution in [3.05, 3.63) is 21.3 Å². The lowest BCUT2D eigenvalue weighted by Gasteiger charge is -2.21. The lowest BCUT2D eigenvalue weighted by molar-refractivity contribution is -0.137. The summed E-state index contributed by atoms with van der Waals surface area (Å²) in [6, 6.07) is 3.30. The topological polar surface area (TPSA) is 69.6 Å². The summed E-state index contributed by atoms with van der Waals surface area (Å²) >= 11 is 7.31. The van der Waals surface area contributed by atoms with Crippen LogP contribution in [0.1, 0.15) is 30.7 Å². The van der Waals surface area contributed by atoms with E-state index in [0.29, 0.717) is 4.34 Å². The molecular weight excluding hydrogens is 288 g/mol. The van der Waals surface area contributed by atoms with E-state index in [-0.39, 0.29) is 25.0 Å². The van der Waals surface area contributed by atoms with Crippen LogP contribution in [0, 0.1) is 0 Å². The fourth-order valence-corrected chi connectivity index (χ4v) is 2.71. The first-order valence-electron chi connectivity index (χ1n) is 5.92. The second kappa shape index (κ2) is 7.35. The molecule has 0 fully saturated rings. The number of carbonyl (C=O) groups is 2. The molecule has 0 saturated heterocycles. The fourth-order valence-electron chi connectivity index (χ4n) is 1.51. The Bertz CT molecular complexity index is 450. The number of urea groups is 1. The van der Waals surface area contributed by atoms with Gasteiger partial charge in [0.2, 0.25) is 0 Å². The van der Waals surface area contributed by atoms with Gasteiger partial charge in [-0.1, -0.05) is 18.5 Å². The molecule has 1 atom stereocenters. The average molecular weight is 305 g/mol. The zero-order valence-electron chi connectivity index (χ0n) is 10.9. The van der Waals surface area contributed by atoms with Crippen molar-refractivity contribution < 1.29 is 14.7 Å². The summed E-state index contributed by atoms with van der Waals surface area (Å²) in [7, 11) is 1.58. The standard InChI is InChI=1S/C12H17ClN2O3S/c1-3-8(9-4-5-10(13)19-9)14-12(18)15(2)7-6-11(16)17/h4-5,8H,3,6-7H2,1-2H3,(H,14,18)(H,16,17). The van der Waals surface area contributed by atoms with Crippen LogP contribution in [0.15, 0.2) is 12.1 Å². The van der Waals surface area contributed by atoms with E-state index in [2.05, 4.69) is 5.32 Å². The minimum absolute atomic E-state index is 0.0639. The SMILES string of the molecule is CCC(NC(=O)N(C)CCC(=O)O)c1ccc(Cl)s1. The largest absolute Gasteiger partial charge is 0.481 e. The van der Waals surface area contributed by atoms with Gasteiger partial charge in [0.25, 0.3) is 0 Å². The Hall–Kier alpha value is -1.27. The second-order valence-corrected chi connectivity index (χ2v) is 5.86. The highest BCUT2D eigenvalue weighted by atomic mass is 35.5. The van der Waals surface area contributed by atoms with Gasteiger partial charge in [-0.05, 0) is 18.6 Å². The van der Waals surface area contributed by atoms with Gasteiger partial charge in [0.15, 0.2) is 0 Å². The summed E-state index contributed by atoms with van der Waals surface area (Å²) in [5.41, 5.74) is 0. The van der Waals surface area contributed by atoms with E-state index in [0.717, 1.165) is 11.3 Å². The highest BCUT2D eigenvalue weighted by Crippen LogP contribution is 2.28. The van der Waals surface area contributed by atoms with Crippen molar-refractivity contribution in [3.63, 3.8) is 0 Å². The van der Waals surface area contributed by atoms with Crippen molar-refractivity contribution in [2.75, 3.05) is 13.6 Å². The zero-order chi connectivity index (χ0) is 14.4. The first-order chi connectivity index (χ1) is 8.93. The predicted molar refractivity (Wildman–Crippen MR) is 75.8 cm³/mol. The summed E-state index contributed by atoms with van der Waals surface area (Å²) in [6.45, 7) is 2.15. The Morgan fingerprint density at radius 2 is 2.21 bits per heavy atom. The summed E-state index contributed by atoms with van der Waals surface area (Å²) in [5, 5.41) is 11.4. The third-order valence-corrected chi connectivity index (χ3v) is 4.00. The number of carboxylic acid groups (broad SMARTS) is 1. The fraction of sp³-hybridized carbons (Fsp3) is 0.500. The van der Waals surface area contributed by atoms with Crippen LogP contribution in [-0.4, -0.2) is 35.6 Å². The Morgan fingerprint density at radius 3 is 2.68 bits per heavy atom. The Labute approximate surface area is 121 Å². The van der Waals surface area contributed by atoms with Crippen molar-refractivity contribution in [3.8, 4) is 0 Å². The lowest BCUT2D eigenvalue weighted by atomic mass is 10.2. The molecule has 0 aliphatic heterocycles. The third kappa shape index (κ3) is 5.08. The van der Waals surface area contributed by atoms with Crippen molar-refractivity contribution in [2.45, 2.75) is 25.8 Å². The van der Waals surface area contributed by atoms with E-state index >= 15 is 0 Å². The van der Waals surface area contributed by atoms with Crippen LogP contribution in [0.25, 0.3) is 0 Å². The van der Waals surface area contributed by atoms with Crippen LogP contribution < -0.4 is 5.32 Å². The van der Waals surface area contributed by atoms with Crippen molar-refractivity contribution >= 4 is 34.9 Å². The number of halogens is 1. The number of carboxylic acids is 1. The highest BCUT2D eigenvalue weighted by molar-refractivity contribution is 7.16. The number of carbonyl (C=O) groups excluding carboxylic acids is 1. The van der Waals surface area contributed by atoms with E-state index in [1.807, 2.05) is 13.0 Å². The van der Waals surface area contributed by atoms with E-state index in [1.54, 1.807) is 13.1 Å². The molecule has 0 spiro atoms. The number of nitrogens with zero attached hydrogens (tertiary/aromatic N) is 1. The molecule has 106 valence electrons. The van der Waals surface area contributed by atoms with Crippen LogP contribution in [-0.2, 0) is 4.79 Å². The maximum Gasteiger partial charge on any atom is 0.317 e. The van der Waals surface area contributed by atoms with Gasteiger partial charge in [-0.15, -0.1) is 11.3 Å². The van der Waals surface area contributed by atoms with Gasteiger partial charge in [-0.2, -0.15) is 0 Å². The molecule has 2 amide bonds. The maximum atomic E-state index is 11.9. The van der Waals surface area contributed by atoms with Crippen molar-refractivity contribution in [1.82, 2.24) is 10.2 Å². The van der Waals surface area contributed by atoms with Crippen LogP contribution in [0.3, 0.4) is 0 Å². The normalized spacial score (nSPS) is 11.9. The Morgan fingerprint density at radius 1 is 1.53 bits per heavy atom. The number of rotatable bonds is 6. The quantitative estimate of drug-likeness (QED) is 0.849. The van der Waals surface area contributed by atoms with Gasteiger partial charge in [-0.3, -0.25) is 4.79 Å². The molecule has 0 radical (unpaired) electrons. The average Bonchev–Trinajstić information content (AvgIpc) is 2.79. The summed E-state index contributed by atoms with van der Waals surface area (Å²) in [5.74, 6) is -0.920. The highest BCUT2D eigenvalue weighted by Gasteiger charge is 2.17. The molecule has 1 unspecified atom stereocenters. The van der Waals surface area contributed by atoms with Crippen molar-refractivity contribution in [2.24, 2.45) is 0 Å². The summed E-state index contributed by atoms with van der Waals surface area (Å²) in [4.78, 5) is 24.7. The van der Waals surface area contributed by atoms with Gasteiger partial charge in [0.1, 0.15) is 0 Å². The number of amides is 2. The molecule has 19 heavy (non-hydrogen) atoms. The monoisotopic (exact) mass is 304 g/mol. The molecule has 7 heteroatoms. The number of nitrogens with one attached hydrogen (secondary N) is 1. The van der Waals surface area contributed by atoms with Gasteiger partial charge in [0.05, 0.1) is 16.8 Å². The summed E-state index contributed by atoms with van der Waals surface area (Å²) in [6.07, 6.45) is 0.681. The Balaban J connectivity index is 2.55. The second-order valence-electron chi connectivity index (χ2n) is 4.12. The van der Waals surface area contributed by atoms with Gasteiger partial charge >= 0.3 is 12.0 Å². The minimum atomic E-state index is -0.920. The smallest absolute Gasteiger partial charge is 0.317 e. The first kappa shape index (κ1) is 15.8. The lowest BCUT2D eigenvalue weighted by Crippen LogP contribution is -2.40. The van der Waals surface area contributed by atoms with Crippen LogP contribution in [0.4, 0.5) is 4.79 Å². The minimum Gasteiger partial charge on any atom is -0.481 e. The van der Waals surface area contributed by atoms with Crippen LogP contribution in [0.2, 0.25) is 4.34 Å². The van der Waals surface area contributed by atoms with Crippen LogP contribution in [0.5, 0.6) is 0 Å². The number of hydrogen-bond donors (Lipinski definition) is 2. The predicted octanol–water partition coefficient (Wildman–Crippen LogP) is 2.97. The molecule has 0 saturated carbocycles. The van der Waals surface area contributed by atoms with Gasteiger partial charge in [0, 0.05) is 18.5 Å². The van der Waals surface area contributed by atoms with E-state index in [1.165, 1.54) is 16.2 Å². The first-order valence-corrected chi connectivity index (χ1v) is 7.12. The molecule has 0 bridgehead atoms. The molecule has 0 aliphatic rings. The zero-order valence-corrected chi connectivity index (χ0v) is 12.4. The maximum absolute atomic E-state index is 11.9. The molecule has 2 N–H and O–H groups in total. The molecule has 0 aliphatic carbocycles. The van der Waals surface area contributed by atoms with E-state index < -0.39 is 5.97 Å². The van der Waals surface area contributed by atoms with Crippen LogP contribution >= 0.6 is 22.9 Å². The number of thiophene rings is 1. The van der Waals surface area contributed by atoms with E-state index in [9.17, 15) is 9.59 Å². The summed E-state index contributed by atoms with van der Waals surface area (Å²) < 4.78 is 0.682. The molecule has 1 aromatic heterocycles. The molecule has 0 aromatic carbocycles. The molecule has 5 nitrogen and oxygen atoms in total. The van der Waals surface area contributed by atoms with Gasteiger partial charge in [-0.25, -0.2) is 4.79 Å². The van der Waals surface area contributed by atoms with Crippen molar-refractivity contribution in [1.29, 1.82) is 0 Å². The molecule has 1 rings (SSSR count). The molecular formula is C12H17ClN2O3S. The number of hydrogen-bond acceptors (Lipinski definition) is 3. The number of aliphatic carboxylic acids is 1. The van der Waals surface area contributed by atoms with Gasteiger partial charge < -0.3 is 15.3 Å². The Kier molecular flexibility index (Phi) is 6.11. The molecule has 1 aromatic rings.